The van der Waals surface area contributed by atoms with Gasteiger partial charge in [-0.1, -0.05) is 10.5 Å². The van der Waals surface area contributed by atoms with Crippen molar-refractivity contribution >= 4 is 21.6 Å². The lowest BCUT2D eigenvalue weighted by molar-refractivity contribution is -0.0259. The number of benzene rings is 2. The van der Waals surface area contributed by atoms with Crippen LogP contribution in [-0.2, 0) is 14.9 Å². The third kappa shape index (κ3) is 4.01. The number of aryl methyl sites for hydroxylation is 1. The molecule has 2 rings (SSSR count). The molecule has 0 unspecified atom stereocenters. The van der Waals surface area contributed by atoms with Crippen molar-refractivity contribution in [2.24, 2.45) is 0 Å². The van der Waals surface area contributed by atoms with Gasteiger partial charge in [0.2, 0.25) is 0 Å². The highest BCUT2D eigenvalue weighted by Crippen LogP contribution is 2.28. The summed E-state index contributed by atoms with van der Waals surface area (Å²) in [7, 11) is -0.291. The van der Waals surface area contributed by atoms with E-state index in [2.05, 4.69) is 5.32 Å². The Balaban J connectivity index is 2.43. The van der Waals surface area contributed by atoms with Crippen molar-refractivity contribution in [1.82, 2.24) is 4.47 Å². The number of ether oxygens (including phenoxy) is 1. The van der Waals surface area contributed by atoms with Crippen LogP contribution in [0.3, 0.4) is 0 Å². The van der Waals surface area contributed by atoms with Gasteiger partial charge in [0.1, 0.15) is 16.5 Å². The van der Waals surface area contributed by atoms with Crippen molar-refractivity contribution in [1.29, 1.82) is 0 Å². The first-order valence-electron chi connectivity index (χ1n) is 7.49. The van der Waals surface area contributed by atoms with Crippen LogP contribution in [-0.4, -0.2) is 40.1 Å². The standard InChI is InChI=1S/C17H19FN2O5S/c1-11-5-7-13(18)10-14(11)19-17(21)12-6-8-15(24-3)16(9-12)26(22,23)20(2)25-4/h5-10H,1-4H3,(H,19,21). The highest BCUT2D eigenvalue weighted by molar-refractivity contribution is 7.89. The van der Waals surface area contributed by atoms with E-state index >= 15 is 0 Å². The molecule has 1 N–H and O–H groups in total. The first-order valence-corrected chi connectivity index (χ1v) is 8.93. The maximum Gasteiger partial charge on any atom is 0.268 e. The van der Waals surface area contributed by atoms with Gasteiger partial charge in [-0.25, -0.2) is 12.8 Å². The van der Waals surface area contributed by atoms with E-state index in [0.29, 0.717) is 15.7 Å². The predicted molar refractivity (Wildman–Crippen MR) is 94.0 cm³/mol. The van der Waals surface area contributed by atoms with E-state index in [9.17, 15) is 17.6 Å². The first-order chi connectivity index (χ1) is 12.2. The fraction of sp³-hybridized carbons (Fsp3) is 0.235. The molecule has 26 heavy (non-hydrogen) atoms. The van der Waals surface area contributed by atoms with Crippen molar-refractivity contribution in [2.75, 3.05) is 26.6 Å². The zero-order chi connectivity index (χ0) is 19.5. The number of methoxy groups -OCH3 is 1. The molecule has 0 aliphatic heterocycles. The Hall–Kier alpha value is -2.49. The molecule has 1 amide bonds. The van der Waals surface area contributed by atoms with E-state index in [1.165, 1.54) is 57.7 Å². The van der Waals surface area contributed by atoms with Crippen molar-refractivity contribution in [2.45, 2.75) is 11.8 Å². The van der Waals surface area contributed by atoms with Crippen LogP contribution in [0.25, 0.3) is 0 Å². The van der Waals surface area contributed by atoms with Crippen LogP contribution in [0, 0.1) is 12.7 Å². The van der Waals surface area contributed by atoms with Crippen molar-refractivity contribution in [3.63, 3.8) is 0 Å². The topological polar surface area (TPSA) is 84.9 Å². The summed E-state index contributed by atoms with van der Waals surface area (Å²) >= 11 is 0. The molecule has 0 saturated heterocycles. The number of halogens is 1. The molecular formula is C17H19FN2O5S. The summed E-state index contributed by atoms with van der Waals surface area (Å²) in [4.78, 5) is 17.0. The fourth-order valence-corrected chi connectivity index (χ4v) is 3.33. The molecule has 0 radical (unpaired) electrons. The first kappa shape index (κ1) is 19.8. The molecule has 7 nitrogen and oxygen atoms in total. The molecule has 2 aromatic carbocycles. The van der Waals surface area contributed by atoms with Gasteiger partial charge in [-0.15, -0.1) is 0 Å². The number of anilines is 1. The van der Waals surface area contributed by atoms with Crippen LogP contribution < -0.4 is 10.1 Å². The minimum atomic E-state index is -4.03. The number of hydroxylamine groups is 1. The number of amides is 1. The summed E-state index contributed by atoms with van der Waals surface area (Å²) in [5.41, 5.74) is 1.03. The summed E-state index contributed by atoms with van der Waals surface area (Å²) in [5.74, 6) is -1.02. The van der Waals surface area contributed by atoms with Gasteiger partial charge in [0.15, 0.2) is 0 Å². The molecule has 0 atom stereocenters. The fourth-order valence-electron chi connectivity index (χ4n) is 2.18. The van der Waals surface area contributed by atoms with E-state index in [4.69, 9.17) is 9.57 Å². The van der Waals surface area contributed by atoms with Gasteiger partial charge < -0.3 is 10.1 Å². The maximum absolute atomic E-state index is 13.4. The van der Waals surface area contributed by atoms with Crippen LogP contribution in [0.4, 0.5) is 10.1 Å². The summed E-state index contributed by atoms with van der Waals surface area (Å²) in [6.45, 7) is 1.71. The molecule has 2 aromatic rings. The summed E-state index contributed by atoms with van der Waals surface area (Å²) in [6.07, 6.45) is 0. The molecule has 0 aliphatic rings. The second-order valence-electron chi connectivity index (χ2n) is 5.38. The van der Waals surface area contributed by atoms with Crippen LogP contribution in [0.2, 0.25) is 0 Å². The normalized spacial score (nSPS) is 11.5. The van der Waals surface area contributed by atoms with Gasteiger partial charge in [0.25, 0.3) is 15.9 Å². The Kier molecular flexibility index (Phi) is 5.96. The lowest BCUT2D eigenvalue weighted by atomic mass is 10.1. The lowest BCUT2D eigenvalue weighted by Crippen LogP contribution is -2.26. The monoisotopic (exact) mass is 382 g/mol. The third-order valence-corrected chi connectivity index (χ3v) is 5.45. The van der Waals surface area contributed by atoms with E-state index in [1.807, 2.05) is 0 Å². The van der Waals surface area contributed by atoms with Crippen LogP contribution in [0.5, 0.6) is 5.75 Å². The summed E-state index contributed by atoms with van der Waals surface area (Å²) in [6, 6.07) is 7.95. The number of carbonyl (C=O) groups is 1. The number of sulfonamides is 1. The van der Waals surface area contributed by atoms with E-state index in [1.54, 1.807) is 6.92 Å². The number of carbonyl (C=O) groups excluding carboxylic acids is 1. The third-order valence-electron chi connectivity index (χ3n) is 3.75. The zero-order valence-corrected chi connectivity index (χ0v) is 15.6. The Morgan fingerprint density at radius 1 is 1.15 bits per heavy atom. The van der Waals surface area contributed by atoms with Crippen LogP contribution in [0.15, 0.2) is 41.3 Å². The molecule has 0 fully saturated rings. The average molecular weight is 382 g/mol. The number of nitrogens with zero attached hydrogens (tertiary/aromatic N) is 1. The summed E-state index contributed by atoms with van der Waals surface area (Å²) < 4.78 is 44.1. The molecular weight excluding hydrogens is 363 g/mol. The molecule has 0 spiro atoms. The molecule has 9 heteroatoms. The predicted octanol–water partition coefficient (Wildman–Crippen LogP) is 2.58. The van der Waals surface area contributed by atoms with Crippen LogP contribution in [0.1, 0.15) is 15.9 Å². The Labute approximate surface area is 151 Å². The van der Waals surface area contributed by atoms with E-state index < -0.39 is 21.7 Å². The number of hydrogen-bond donors (Lipinski definition) is 1. The second kappa shape index (κ2) is 7.81. The smallest absolute Gasteiger partial charge is 0.268 e. The lowest BCUT2D eigenvalue weighted by Gasteiger charge is -2.17. The SMILES string of the molecule is COc1ccc(C(=O)Nc2cc(F)ccc2C)cc1S(=O)(=O)N(C)OC. The average Bonchev–Trinajstić information content (AvgIpc) is 2.63. The molecule has 0 heterocycles. The highest BCUT2D eigenvalue weighted by Gasteiger charge is 2.26. The van der Waals surface area contributed by atoms with Crippen molar-refractivity contribution in [3.05, 3.63) is 53.3 Å². The van der Waals surface area contributed by atoms with Crippen molar-refractivity contribution < 1.29 is 27.2 Å². The number of nitrogens with one attached hydrogen (secondary N) is 1. The molecule has 140 valence electrons. The van der Waals surface area contributed by atoms with Gasteiger partial charge in [-0.3, -0.25) is 9.63 Å². The Morgan fingerprint density at radius 2 is 1.85 bits per heavy atom. The van der Waals surface area contributed by atoms with Crippen LogP contribution >= 0.6 is 0 Å². The number of hydrogen-bond acceptors (Lipinski definition) is 5. The molecule has 0 saturated carbocycles. The molecule has 0 aliphatic carbocycles. The second-order valence-corrected chi connectivity index (χ2v) is 7.28. The van der Waals surface area contributed by atoms with Gasteiger partial charge in [0, 0.05) is 18.3 Å². The maximum atomic E-state index is 13.4. The minimum absolute atomic E-state index is 0.0624. The Bertz CT molecular complexity index is 931. The molecule has 0 bridgehead atoms. The Morgan fingerprint density at radius 3 is 2.46 bits per heavy atom. The minimum Gasteiger partial charge on any atom is -0.495 e. The van der Waals surface area contributed by atoms with Gasteiger partial charge in [-0.2, -0.15) is 0 Å². The summed E-state index contributed by atoms with van der Waals surface area (Å²) in [5, 5.41) is 2.57. The van der Waals surface area contributed by atoms with Crippen molar-refractivity contribution in [3.8, 4) is 5.75 Å². The van der Waals surface area contributed by atoms with E-state index in [0.717, 1.165) is 0 Å². The number of rotatable bonds is 6. The zero-order valence-electron chi connectivity index (χ0n) is 14.7. The highest BCUT2D eigenvalue weighted by atomic mass is 32.2. The molecule has 0 aromatic heterocycles. The quantitative estimate of drug-likeness (QED) is 0.776. The van der Waals surface area contributed by atoms with Gasteiger partial charge >= 0.3 is 0 Å². The van der Waals surface area contributed by atoms with E-state index in [-0.39, 0.29) is 16.2 Å². The van der Waals surface area contributed by atoms with Gasteiger partial charge in [0.05, 0.1) is 14.2 Å². The van der Waals surface area contributed by atoms with Gasteiger partial charge in [-0.05, 0) is 42.8 Å². The largest absolute Gasteiger partial charge is 0.495 e.